The van der Waals surface area contributed by atoms with Crippen LogP contribution in [0.25, 0.3) is 0 Å². The minimum atomic E-state index is -0.259. The van der Waals surface area contributed by atoms with Crippen molar-refractivity contribution in [2.45, 2.75) is 45.6 Å². The number of ether oxygens (including phenoxy) is 2. The van der Waals surface area contributed by atoms with Crippen LogP contribution in [0.1, 0.15) is 40.2 Å². The summed E-state index contributed by atoms with van der Waals surface area (Å²) in [7, 11) is 4.93. The molecule has 0 aliphatic heterocycles. The van der Waals surface area contributed by atoms with E-state index in [9.17, 15) is 4.79 Å². The van der Waals surface area contributed by atoms with Crippen LogP contribution in [-0.2, 0) is 10.2 Å². The molecule has 0 radical (unpaired) electrons. The molecule has 1 rings (SSSR count). The van der Waals surface area contributed by atoms with E-state index in [1.807, 2.05) is 39.0 Å². The Kier molecular flexibility index (Phi) is 10.6. The van der Waals surface area contributed by atoms with Crippen molar-refractivity contribution in [2.24, 2.45) is 4.99 Å². The molecule has 0 aliphatic rings. The molecule has 1 amide bonds. The molecular weight excluding hydrogens is 471 g/mol. The quantitative estimate of drug-likeness (QED) is 0.301. The average molecular weight is 506 g/mol. The van der Waals surface area contributed by atoms with Crippen LogP contribution in [0.5, 0.6) is 11.5 Å². The topological polar surface area (TPSA) is 84.0 Å². The van der Waals surface area contributed by atoms with Crippen molar-refractivity contribution in [3.8, 4) is 11.5 Å². The van der Waals surface area contributed by atoms with Crippen molar-refractivity contribution in [2.75, 3.05) is 34.4 Å². The van der Waals surface area contributed by atoms with Crippen molar-refractivity contribution in [3.63, 3.8) is 0 Å². The highest BCUT2D eigenvalue weighted by molar-refractivity contribution is 14.0. The van der Waals surface area contributed by atoms with Crippen molar-refractivity contribution in [3.05, 3.63) is 23.8 Å². The van der Waals surface area contributed by atoms with Crippen LogP contribution < -0.4 is 25.4 Å². The molecular formula is C20H35IN4O3. The van der Waals surface area contributed by atoms with E-state index in [1.165, 1.54) is 0 Å². The van der Waals surface area contributed by atoms with Crippen LogP contribution in [0, 0.1) is 0 Å². The fourth-order valence-electron chi connectivity index (χ4n) is 2.51. The van der Waals surface area contributed by atoms with Gasteiger partial charge in [-0.15, -0.1) is 24.0 Å². The Labute approximate surface area is 186 Å². The first-order chi connectivity index (χ1) is 12.5. The summed E-state index contributed by atoms with van der Waals surface area (Å²) < 4.78 is 10.7. The maximum absolute atomic E-state index is 12.0. The van der Waals surface area contributed by atoms with Gasteiger partial charge >= 0.3 is 0 Å². The minimum Gasteiger partial charge on any atom is -0.493 e. The number of carbonyl (C=O) groups excluding carboxylic acids is 1. The molecule has 0 atom stereocenters. The Morgan fingerprint density at radius 2 is 1.64 bits per heavy atom. The molecule has 0 bridgehead atoms. The number of benzene rings is 1. The van der Waals surface area contributed by atoms with Crippen molar-refractivity contribution in [1.82, 2.24) is 16.0 Å². The largest absolute Gasteiger partial charge is 0.493 e. The number of nitrogens with one attached hydrogen (secondary N) is 3. The number of guanidine groups is 1. The summed E-state index contributed by atoms with van der Waals surface area (Å²) in [5.74, 6) is 1.90. The molecule has 0 aromatic heterocycles. The molecule has 1 aromatic carbocycles. The molecule has 0 unspecified atom stereocenters. The maximum Gasteiger partial charge on any atom is 0.239 e. The summed E-state index contributed by atoms with van der Waals surface area (Å²) in [6.07, 6.45) is 0. The molecule has 0 aliphatic carbocycles. The third-order valence-corrected chi connectivity index (χ3v) is 4.02. The number of carbonyl (C=O) groups is 1. The van der Waals surface area contributed by atoms with E-state index in [0.29, 0.717) is 24.0 Å². The zero-order valence-electron chi connectivity index (χ0n) is 18.2. The smallest absolute Gasteiger partial charge is 0.239 e. The minimum absolute atomic E-state index is 0. The van der Waals surface area contributed by atoms with E-state index in [2.05, 4.69) is 34.8 Å². The number of amides is 1. The lowest BCUT2D eigenvalue weighted by Gasteiger charge is -2.27. The van der Waals surface area contributed by atoms with Gasteiger partial charge in [0.15, 0.2) is 17.5 Å². The molecule has 28 heavy (non-hydrogen) atoms. The number of nitrogens with zero attached hydrogens (tertiary/aromatic N) is 1. The van der Waals surface area contributed by atoms with E-state index in [4.69, 9.17) is 9.47 Å². The van der Waals surface area contributed by atoms with E-state index in [-0.39, 0.29) is 47.4 Å². The number of aliphatic imine (C=N–C) groups is 1. The summed E-state index contributed by atoms with van der Waals surface area (Å²) in [5.41, 5.74) is 0.657. The molecule has 0 saturated carbocycles. The fourth-order valence-corrected chi connectivity index (χ4v) is 2.51. The number of methoxy groups -OCH3 is 2. The number of halogens is 1. The van der Waals surface area contributed by atoms with Gasteiger partial charge in [0, 0.05) is 24.5 Å². The lowest BCUT2D eigenvalue weighted by molar-refractivity contribution is -0.121. The standard InChI is InChI=1S/C20H34N4O3.HI/c1-19(2,3)24-17(25)12-22-18(21-6)23-13-20(4,5)14-9-10-15(26-7)16(11-14)27-8;/h9-11H,12-13H2,1-8H3,(H,24,25)(H2,21,22,23);1H. The average Bonchev–Trinajstić information content (AvgIpc) is 2.59. The Balaban J connectivity index is 0.00000729. The van der Waals surface area contributed by atoms with Crippen LogP contribution >= 0.6 is 24.0 Å². The molecule has 8 heteroatoms. The van der Waals surface area contributed by atoms with Crippen LogP contribution in [0.2, 0.25) is 0 Å². The normalized spacial score (nSPS) is 11.9. The van der Waals surface area contributed by atoms with Gasteiger partial charge in [-0.1, -0.05) is 19.9 Å². The zero-order valence-corrected chi connectivity index (χ0v) is 20.6. The first-order valence-corrected chi connectivity index (χ1v) is 9.00. The predicted molar refractivity (Wildman–Crippen MR) is 125 cm³/mol. The molecule has 1 aromatic rings. The Morgan fingerprint density at radius 3 is 2.14 bits per heavy atom. The molecule has 0 saturated heterocycles. The van der Waals surface area contributed by atoms with Gasteiger partial charge in [0.25, 0.3) is 0 Å². The zero-order chi connectivity index (χ0) is 20.7. The first kappa shape index (κ1) is 26.3. The van der Waals surface area contributed by atoms with Gasteiger partial charge < -0.3 is 25.4 Å². The second-order valence-corrected chi connectivity index (χ2v) is 8.03. The summed E-state index contributed by atoms with van der Waals surface area (Å²) in [4.78, 5) is 16.1. The molecule has 0 spiro atoms. The van der Waals surface area contributed by atoms with Gasteiger partial charge in [0.05, 0.1) is 20.8 Å². The third-order valence-electron chi connectivity index (χ3n) is 4.02. The SMILES string of the molecule is CN=C(NCC(=O)NC(C)(C)C)NCC(C)(C)c1ccc(OC)c(OC)c1.I. The van der Waals surface area contributed by atoms with E-state index < -0.39 is 0 Å². The van der Waals surface area contributed by atoms with Crippen LogP contribution in [0.3, 0.4) is 0 Å². The van der Waals surface area contributed by atoms with E-state index in [0.717, 1.165) is 5.56 Å². The van der Waals surface area contributed by atoms with Crippen LogP contribution in [0.4, 0.5) is 0 Å². The van der Waals surface area contributed by atoms with Crippen molar-refractivity contribution < 1.29 is 14.3 Å². The molecule has 160 valence electrons. The van der Waals surface area contributed by atoms with Crippen molar-refractivity contribution >= 4 is 35.8 Å². The number of hydrogen-bond acceptors (Lipinski definition) is 4. The Morgan fingerprint density at radius 1 is 1.04 bits per heavy atom. The van der Waals surface area contributed by atoms with Gasteiger partial charge in [0.2, 0.25) is 5.91 Å². The fraction of sp³-hybridized carbons (Fsp3) is 0.600. The van der Waals surface area contributed by atoms with Gasteiger partial charge in [-0.25, -0.2) is 0 Å². The van der Waals surface area contributed by atoms with E-state index in [1.54, 1.807) is 21.3 Å². The van der Waals surface area contributed by atoms with Crippen molar-refractivity contribution in [1.29, 1.82) is 0 Å². The lowest BCUT2D eigenvalue weighted by atomic mass is 9.84. The van der Waals surface area contributed by atoms with Crippen LogP contribution in [-0.4, -0.2) is 51.8 Å². The second-order valence-electron chi connectivity index (χ2n) is 8.03. The second kappa shape index (κ2) is 11.3. The molecule has 0 fully saturated rings. The Hall–Kier alpha value is -1.71. The number of hydrogen-bond donors (Lipinski definition) is 3. The number of rotatable bonds is 7. The molecule has 3 N–H and O–H groups in total. The summed E-state index contributed by atoms with van der Waals surface area (Å²) in [6.45, 7) is 10.9. The van der Waals surface area contributed by atoms with Gasteiger partial charge in [0.1, 0.15) is 0 Å². The van der Waals surface area contributed by atoms with Gasteiger partial charge in [-0.05, 0) is 38.5 Å². The maximum atomic E-state index is 12.0. The van der Waals surface area contributed by atoms with Gasteiger partial charge in [-0.2, -0.15) is 0 Å². The summed E-state index contributed by atoms with van der Waals surface area (Å²) >= 11 is 0. The monoisotopic (exact) mass is 506 g/mol. The Bertz CT molecular complexity index is 670. The molecule has 0 heterocycles. The van der Waals surface area contributed by atoms with E-state index >= 15 is 0 Å². The lowest BCUT2D eigenvalue weighted by Crippen LogP contribution is -2.49. The summed E-state index contributed by atoms with van der Waals surface area (Å²) in [5, 5.41) is 9.23. The highest BCUT2D eigenvalue weighted by atomic mass is 127. The third kappa shape index (κ3) is 8.53. The summed E-state index contributed by atoms with van der Waals surface area (Å²) in [6, 6.07) is 5.91. The highest BCUT2D eigenvalue weighted by Crippen LogP contribution is 2.32. The van der Waals surface area contributed by atoms with Gasteiger partial charge in [-0.3, -0.25) is 9.79 Å². The van der Waals surface area contributed by atoms with Crippen LogP contribution in [0.15, 0.2) is 23.2 Å². The first-order valence-electron chi connectivity index (χ1n) is 9.00. The highest BCUT2D eigenvalue weighted by Gasteiger charge is 2.23. The molecule has 7 nitrogen and oxygen atoms in total. The predicted octanol–water partition coefficient (Wildman–Crippen LogP) is 2.68.